The van der Waals surface area contributed by atoms with Crippen molar-refractivity contribution in [1.82, 2.24) is 0 Å². The molecule has 9 heavy (non-hydrogen) atoms. The first-order chi connectivity index (χ1) is 4.20. The number of ether oxygens (including phenoxy) is 1. The predicted molar refractivity (Wildman–Crippen MR) is 39.9 cm³/mol. The van der Waals surface area contributed by atoms with Crippen molar-refractivity contribution in [2.45, 2.75) is 24.3 Å². The van der Waals surface area contributed by atoms with Gasteiger partial charge in [-0.3, -0.25) is 0 Å². The molecule has 0 aliphatic carbocycles. The quantitative estimate of drug-likeness (QED) is 0.500. The zero-order valence-corrected chi connectivity index (χ0v) is 7.22. The number of aldehydes is 1. The summed E-state index contributed by atoms with van der Waals surface area (Å²) in [5.41, 5.74) is 0. The summed E-state index contributed by atoms with van der Waals surface area (Å²) in [6.07, 6.45) is 1.76. The van der Waals surface area contributed by atoms with Crippen LogP contribution in [0.25, 0.3) is 0 Å². The molecule has 3 heteroatoms. The van der Waals surface area contributed by atoms with Gasteiger partial charge in [-0.2, -0.15) is 0 Å². The molecular weight excluding hydrogens is 184 g/mol. The normalized spacial score (nSPS) is 16.8. The third-order valence-corrected chi connectivity index (χ3v) is 1.70. The molecule has 0 aliphatic heterocycles. The van der Waals surface area contributed by atoms with E-state index in [2.05, 4.69) is 15.9 Å². The lowest BCUT2D eigenvalue weighted by Gasteiger charge is -2.08. The summed E-state index contributed by atoms with van der Waals surface area (Å²) in [5.74, 6) is 0. The summed E-state index contributed by atoms with van der Waals surface area (Å²) in [4.78, 5) is 9.99. The molecule has 0 rings (SSSR count). The van der Waals surface area contributed by atoms with E-state index >= 15 is 0 Å². The van der Waals surface area contributed by atoms with Gasteiger partial charge >= 0.3 is 0 Å². The van der Waals surface area contributed by atoms with Gasteiger partial charge in [0.2, 0.25) is 0 Å². The van der Waals surface area contributed by atoms with Gasteiger partial charge in [-0.15, -0.1) is 0 Å². The van der Waals surface area contributed by atoms with E-state index in [0.29, 0.717) is 0 Å². The van der Waals surface area contributed by atoms with Crippen molar-refractivity contribution in [3.63, 3.8) is 0 Å². The Morgan fingerprint density at radius 1 is 1.78 bits per heavy atom. The highest BCUT2D eigenvalue weighted by Gasteiger charge is 2.06. The summed E-state index contributed by atoms with van der Waals surface area (Å²) < 4.78 is 4.93. The molecule has 0 bridgehead atoms. The van der Waals surface area contributed by atoms with Gasteiger partial charge in [0, 0.05) is 7.11 Å². The summed E-state index contributed by atoms with van der Waals surface area (Å²) >= 11 is 3.17. The molecular formula is C6H11BrO2. The Bertz CT molecular complexity index is 85.1. The van der Waals surface area contributed by atoms with Gasteiger partial charge < -0.3 is 9.53 Å². The fraction of sp³-hybridized carbons (Fsp3) is 0.833. The number of carbonyl (C=O) groups excluding carboxylic acids is 1. The molecule has 0 fully saturated rings. The van der Waals surface area contributed by atoms with E-state index in [1.54, 1.807) is 7.11 Å². The van der Waals surface area contributed by atoms with Crippen molar-refractivity contribution in [3.8, 4) is 0 Å². The van der Waals surface area contributed by atoms with Crippen LogP contribution in [0.1, 0.15) is 13.3 Å². The number of hydrogen-bond donors (Lipinski definition) is 0. The largest absolute Gasteiger partial charge is 0.382 e. The number of halogens is 1. The second-order valence-corrected chi connectivity index (χ2v) is 3.11. The Hall–Kier alpha value is 0.110. The van der Waals surface area contributed by atoms with Gasteiger partial charge in [0.05, 0.1) is 10.9 Å². The number of carbonyl (C=O) groups is 1. The van der Waals surface area contributed by atoms with Gasteiger partial charge in [0.15, 0.2) is 0 Å². The Morgan fingerprint density at radius 2 is 2.33 bits per heavy atom. The van der Waals surface area contributed by atoms with Crippen LogP contribution in [0.5, 0.6) is 0 Å². The molecule has 0 amide bonds. The third kappa shape index (κ3) is 4.60. The lowest BCUT2D eigenvalue weighted by molar-refractivity contribution is -0.107. The maximum Gasteiger partial charge on any atom is 0.133 e. The fourth-order valence-electron chi connectivity index (χ4n) is 0.469. The molecule has 0 saturated carbocycles. The molecule has 0 aliphatic rings. The van der Waals surface area contributed by atoms with Crippen LogP contribution in [0.15, 0.2) is 0 Å². The summed E-state index contributed by atoms with van der Waals surface area (Å²) in [5, 5.41) is 0. The fourth-order valence-corrected chi connectivity index (χ4v) is 0.995. The van der Waals surface area contributed by atoms with Gasteiger partial charge in [-0.1, -0.05) is 15.9 Å². The van der Waals surface area contributed by atoms with E-state index in [1.165, 1.54) is 0 Å². The highest BCUT2D eigenvalue weighted by Crippen LogP contribution is 2.06. The second-order valence-electron chi connectivity index (χ2n) is 1.93. The van der Waals surface area contributed by atoms with Crippen molar-refractivity contribution in [2.24, 2.45) is 0 Å². The summed E-state index contributed by atoms with van der Waals surface area (Å²) in [6, 6.07) is 0. The zero-order chi connectivity index (χ0) is 7.28. The van der Waals surface area contributed by atoms with E-state index in [9.17, 15) is 4.79 Å². The minimum Gasteiger partial charge on any atom is -0.382 e. The molecule has 0 aromatic rings. The van der Waals surface area contributed by atoms with Crippen LogP contribution in [0, 0.1) is 0 Å². The van der Waals surface area contributed by atoms with Crippen LogP contribution in [0.4, 0.5) is 0 Å². The first-order valence-electron chi connectivity index (χ1n) is 2.83. The first-order valence-corrected chi connectivity index (χ1v) is 3.74. The Balaban J connectivity index is 3.33. The minimum absolute atomic E-state index is 0.0625. The van der Waals surface area contributed by atoms with Gasteiger partial charge in [0.1, 0.15) is 6.29 Å². The lowest BCUT2D eigenvalue weighted by Crippen LogP contribution is -2.12. The predicted octanol–water partition coefficient (Wildman–Crippen LogP) is 1.37. The maximum absolute atomic E-state index is 10.1. The molecule has 0 heterocycles. The SMILES string of the molecule is COC(C)CC(Br)C=O. The molecule has 0 aromatic carbocycles. The van der Waals surface area contributed by atoms with E-state index < -0.39 is 0 Å². The molecule has 2 atom stereocenters. The van der Waals surface area contributed by atoms with E-state index in [-0.39, 0.29) is 10.9 Å². The average molecular weight is 195 g/mol. The van der Waals surface area contributed by atoms with Crippen molar-refractivity contribution in [2.75, 3.05) is 7.11 Å². The highest BCUT2D eigenvalue weighted by molar-refractivity contribution is 9.09. The maximum atomic E-state index is 10.1. The molecule has 54 valence electrons. The number of methoxy groups -OCH3 is 1. The molecule has 0 aromatic heterocycles. The summed E-state index contributed by atoms with van der Waals surface area (Å²) in [7, 11) is 1.63. The third-order valence-electron chi connectivity index (χ3n) is 1.11. The Morgan fingerprint density at radius 3 is 2.67 bits per heavy atom. The topological polar surface area (TPSA) is 26.3 Å². The van der Waals surface area contributed by atoms with Gasteiger partial charge in [-0.05, 0) is 13.3 Å². The van der Waals surface area contributed by atoms with Crippen LogP contribution >= 0.6 is 15.9 Å². The Kier molecular flexibility index (Phi) is 5.00. The minimum atomic E-state index is -0.0625. The van der Waals surface area contributed by atoms with Crippen LogP contribution in [-0.4, -0.2) is 24.3 Å². The lowest BCUT2D eigenvalue weighted by atomic mass is 10.2. The molecule has 0 saturated heterocycles. The zero-order valence-electron chi connectivity index (χ0n) is 5.63. The molecule has 2 unspecified atom stereocenters. The number of rotatable bonds is 4. The van der Waals surface area contributed by atoms with Crippen molar-refractivity contribution in [3.05, 3.63) is 0 Å². The molecule has 0 spiro atoms. The molecule has 0 radical (unpaired) electrons. The highest BCUT2D eigenvalue weighted by atomic mass is 79.9. The van der Waals surface area contributed by atoms with Gasteiger partial charge in [0.25, 0.3) is 0 Å². The van der Waals surface area contributed by atoms with Crippen molar-refractivity contribution in [1.29, 1.82) is 0 Å². The first kappa shape index (κ1) is 9.11. The van der Waals surface area contributed by atoms with E-state index in [4.69, 9.17) is 4.74 Å². The van der Waals surface area contributed by atoms with Crippen LogP contribution in [0.3, 0.4) is 0 Å². The smallest absolute Gasteiger partial charge is 0.133 e. The molecule has 0 N–H and O–H groups in total. The van der Waals surface area contributed by atoms with Crippen LogP contribution in [0.2, 0.25) is 0 Å². The van der Waals surface area contributed by atoms with E-state index in [1.807, 2.05) is 6.92 Å². The van der Waals surface area contributed by atoms with Crippen molar-refractivity contribution >= 4 is 22.2 Å². The standard InChI is InChI=1S/C6H11BrO2/c1-5(9-2)3-6(7)4-8/h4-6H,3H2,1-2H3. The monoisotopic (exact) mass is 194 g/mol. The number of hydrogen-bond acceptors (Lipinski definition) is 2. The number of alkyl halides is 1. The van der Waals surface area contributed by atoms with Crippen LogP contribution < -0.4 is 0 Å². The summed E-state index contributed by atoms with van der Waals surface area (Å²) in [6.45, 7) is 1.93. The van der Waals surface area contributed by atoms with Gasteiger partial charge in [-0.25, -0.2) is 0 Å². The van der Waals surface area contributed by atoms with Crippen LogP contribution in [-0.2, 0) is 9.53 Å². The second kappa shape index (κ2) is 4.94. The molecule has 2 nitrogen and oxygen atoms in total. The van der Waals surface area contributed by atoms with E-state index in [0.717, 1.165) is 12.7 Å². The average Bonchev–Trinajstić information content (AvgIpc) is 1.87. The van der Waals surface area contributed by atoms with Crippen molar-refractivity contribution < 1.29 is 9.53 Å². The Labute approximate surface area is 63.7 Å².